The number of ether oxygens (including phenoxy) is 8. The van der Waals surface area contributed by atoms with Crippen LogP contribution >= 0.6 is 0 Å². The van der Waals surface area contributed by atoms with Gasteiger partial charge in [-0.15, -0.1) is 0 Å². The van der Waals surface area contributed by atoms with E-state index >= 15 is 0 Å². The Hall–Kier alpha value is -5.97. The summed E-state index contributed by atoms with van der Waals surface area (Å²) in [6.07, 6.45) is -12.9. The number of fused-ring (bicyclic) bond motifs is 3. The van der Waals surface area contributed by atoms with E-state index in [2.05, 4.69) is 9.47 Å². The van der Waals surface area contributed by atoms with Crippen molar-refractivity contribution in [3.63, 3.8) is 0 Å². The molecule has 360 valence electrons. The van der Waals surface area contributed by atoms with Crippen molar-refractivity contribution in [2.45, 2.75) is 73.8 Å². The van der Waals surface area contributed by atoms with Gasteiger partial charge in [-0.1, -0.05) is 91.0 Å². The van der Waals surface area contributed by atoms with E-state index in [9.17, 15) is 14.4 Å². The standard InChI is InChI=1S/C39H30O8.C6H12O5.C5H10O5/c1-43-39-35(47-38(42)32-19-16-26-10-4-7-13-29(26)22-32)34(46-37(41)31-18-15-25-9-3-6-12-28(25)21-31)33(45-39)23-44-36(40)30-17-14-24-8-2-5-11-27(24)20-30;1-10-6-5(9)4(8)3(2-7)11-6;6-1-2-3(7)4(8)5(9)10-2/h2-22,33-35,39H,23H2,1H3;3-9H,2H2,1H3;2-9H,1H2/t33-,34-,35+,39?;3-,4-,5+,6?;2-,3-,4+,5?/m000/s1. The summed E-state index contributed by atoms with van der Waals surface area (Å²) in [5.41, 5.74) is 0.967. The van der Waals surface area contributed by atoms with Crippen molar-refractivity contribution in [1.82, 2.24) is 0 Å². The third-order valence-corrected chi connectivity index (χ3v) is 11.6. The summed E-state index contributed by atoms with van der Waals surface area (Å²) < 4.78 is 43.3. The van der Waals surface area contributed by atoms with E-state index in [1.54, 1.807) is 36.4 Å². The maximum absolute atomic E-state index is 13.5. The van der Waals surface area contributed by atoms with Crippen LogP contribution in [0.15, 0.2) is 127 Å². The lowest BCUT2D eigenvalue weighted by Crippen LogP contribution is -2.42. The van der Waals surface area contributed by atoms with E-state index in [1.165, 1.54) is 14.2 Å². The molecule has 0 bridgehead atoms. The molecule has 0 spiro atoms. The van der Waals surface area contributed by atoms with Crippen molar-refractivity contribution in [3.8, 4) is 0 Å². The van der Waals surface area contributed by atoms with Crippen molar-refractivity contribution >= 4 is 50.2 Å². The quantitative estimate of drug-likeness (QED) is 0.0727. The van der Waals surface area contributed by atoms with Gasteiger partial charge in [-0.25, -0.2) is 14.4 Å². The van der Waals surface area contributed by atoms with E-state index in [-0.39, 0.29) is 13.2 Å². The summed E-state index contributed by atoms with van der Waals surface area (Å²) in [6.45, 7) is -1.02. The number of benzene rings is 6. The topological polar surface area (TPSA) is 267 Å². The fraction of sp³-hybridized carbons (Fsp3) is 0.340. The number of aliphatic hydroxyl groups excluding tert-OH is 7. The number of carbonyl (C=O) groups excluding carboxylic acids is 3. The van der Waals surface area contributed by atoms with Gasteiger partial charge in [-0.05, 0) is 68.7 Å². The average molecular weight is 941 g/mol. The number of hydrogen-bond acceptors (Lipinski definition) is 18. The van der Waals surface area contributed by atoms with Gasteiger partial charge < -0.3 is 73.6 Å². The molecule has 3 aliphatic heterocycles. The Balaban J connectivity index is 0.000000267. The lowest BCUT2D eigenvalue weighted by molar-refractivity contribution is -0.155. The van der Waals surface area contributed by atoms with Gasteiger partial charge in [0.05, 0.1) is 29.9 Å². The van der Waals surface area contributed by atoms with Crippen molar-refractivity contribution in [3.05, 3.63) is 144 Å². The molecule has 0 radical (unpaired) electrons. The lowest BCUT2D eigenvalue weighted by Gasteiger charge is -2.24. The Labute approximate surface area is 389 Å². The molecule has 3 unspecified atom stereocenters. The van der Waals surface area contributed by atoms with Crippen LogP contribution in [0, 0.1) is 0 Å². The number of methoxy groups -OCH3 is 2. The first-order valence-electron chi connectivity index (χ1n) is 21.5. The second-order valence-corrected chi connectivity index (χ2v) is 16.0. The summed E-state index contributed by atoms with van der Waals surface area (Å²) in [5, 5.41) is 67.4. The molecule has 0 aliphatic carbocycles. The molecule has 6 aromatic rings. The van der Waals surface area contributed by atoms with Gasteiger partial charge in [-0.3, -0.25) is 0 Å². The van der Waals surface area contributed by atoms with Gasteiger partial charge in [-0.2, -0.15) is 0 Å². The molecule has 3 saturated heterocycles. The number of hydrogen-bond donors (Lipinski definition) is 7. The average Bonchev–Trinajstić information content (AvgIpc) is 3.95. The molecule has 0 amide bonds. The van der Waals surface area contributed by atoms with Crippen LogP contribution in [-0.4, -0.2) is 161 Å². The maximum Gasteiger partial charge on any atom is 0.338 e. The minimum atomic E-state index is -1.38. The fourth-order valence-corrected chi connectivity index (χ4v) is 7.80. The maximum atomic E-state index is 13.5. The van der Waals surface area contributed by atoms with E-state index in [4.69, 9.17) is 64.2 Å². The van der Waals surface area contributed by atoms with E-state index in [1.807, 2.05) is 91.0 Å². The molecular weight excluding hydrogens is 889 g/mol. The Morgan fingerprint density at radius 2 is 0.853 bits per heavy atom. The Kier molecular flexibility index (Phi) is 16.8. The first-order valence-corrected chi connectivity index (χ1v) is 21.5. The van der Waals surface area contributed by atoms with Crippen LogP contribution in [0.25, 0.3) is 32.3 Å². The van der Waals surface area contributed by atoms with Gasteiger partial charge >= 0.3 is 17.9 Å². The summed E-state index contributed by atoms with van der Waals surface area (Å²) in [4.78, 5) is 40.1. The van der Waals surface area contributed by atoms with Crippen molar-refractivity contribution in [2.24, 2.45) is 0 Å². The van der Waals surface area contributed by atoms with Gasteiger partial charge in [0, 0.05) is 14.2 Å². The first kappa shape index (κ1) is 49.9. The van der Waals surface area contributed by atoms with Crippen molar-refractivity contribution < 1.29 is 88.0 Å². The molecule has 0 saturated carbocycles. The van der Waals surface area contributed by atoms with Gasteiger partial charge in [0.15, 0.2) is 31.1 Å². The highest BCUT2D eigenvalue weighted by Crippen LogP contribution is 2.31. The van der Waals surface area contributed by atoms with Gasteiger partial charge in [0.1, 0.15) is 49.3 Å². The molecular formula is C50H52O18. The zero-order valence-electron chi connectivity index (χ0n) is 36.8. The monoisotopic (exact) mass is 940 g/mol. The van der Waals surface area contributed by atoms with Crippen molar-refractivity contribution in [2.75, 3.05) is 34.0 Å². The molecule has 68 heavy (non-hydrogen) atoms. The number of aliphatic hydroxyl groups is 7. The smallest absolute Gasteiger partial charge is 0.338 e. The second kappa shape index (κ2) is 22.9. The van der Waals surface area contributed by atoms with Crippen LogP contribution in [0.1, 0.15) is 31.1 Å². The minimum Gasteiger partial charge on any atom is -0.459 e. The molecule has 7 N–H and O–H groups in total. The second-order valence-electron chi connectivity index (χ2n) is 16.0. The largest absolute Gasteiger partial charge is 0.459 e. The SMILES string of the molecule is COC1O[C@@H](CO)[C@H](O)[C@H]1O.COC1O[C@@H](COC(=O)c2ccc3ccccc3c2)[C@H](OC(=O)c2ccc3ccccc3c2)[C@H]1OC(=O)c1ccc2ccccc2c1.OC[C@@H]1OC(O)[C@H](O)[C@H]1O. The Bertz CT molecular complexity index is 2640. The van der Waals surface area contributed by atoms with Gasteiger partial charge in [0.25, 0.3) is 0 Å². The number of rotatable bonds is 11. The molecule has 12 atom stereocenters. The van der Waals surface area contributed by atoms with Crippen LogP contribution in [0.3, 0.4) is 0 Å². The van der Waals surface area contributed by atoms with E-state index in [0.29, 0.717) is 16.7 Å². The van der Waals surface area contributed by atoms with Crippen LogP contribution in [0.2, 0.25) is 0 Å². The fourth-order valence-electron chi connectivity index (χ4n) is 7.80. The van der Waals surface area contributed by atoms with Crippen LogP contribution in [0.5, 0.6) is 0 Å². The molecule has 0 aromatic heterocycles. The van der Waals surface area contributed by atoms with E-state index in [0.717, 1.165) is 32.3 Å². The lowest BCUT2D eigenvalue weighted by atomic mass is 10.1. The highest BCUT2D eigenvalue weighted by atomic mass is 16.7. The first-order chi connectivity index (χ1) is 32.8. The third kappa shape index (κ3) is 11.5. The predicted octanol–water partition coefficient (Wildman–Crippen LogP) is 2.62. The van der Waals surface area contributed by atoms with Crippen LogP contribution < -0.4 is 0 Å². The molecule has 18 heteroatoms. The Morgan fingerprint density at radius 3 is 1.24 bits per heavy atom. The number of esters is 3. The zero-order valence-corrected chi connectivity index (χ0v) is 36.8. The predicted molar refractivity (Wildman–Crippen MR) is 241 cm³/mol. The summed E-state index contributed by atoms with van der Waals surface area (Å²) in [6, 6.07) is 38.7. The van der Waals surface area contributed by atoms with Crippen LogP contribution in [-0.2, 0) is 37.9 Å². The minimum absolute atomic E-state index is 0.286. The molecule has 9 rings (SSSR count). The van der Waals surface area contributed by atoms with E-state index < -0.39 is 98.3 Å². The normalized spacial score (nSPS) is 27.5. The van der Waals surface area contributed by atoms with Gasteiger partial charge in [0.2, 0.25) is 0 Å². The molecule has 3 heterocycles. The summed E-state index contributed by atoms with van der Waals surface area (Å²) in [5.74, 6) is -1.88. The highest BCUT2D eigenvalue weighted by molar-refractivity contribution is 5.97. The molecule has 3 aliphatic rings. The number of carbonyl (C=O) groups is 3. The van der Waals surface area contributed by atoms with Crippen LogP contribution in [0.4, 0.5) is 0 Å². The summed E-state index contributed by atoms with van der Waals surface area (Å²) in [7, 11) is 2.76. The zero-order chi connectivity index (χ0) is 48.5. The highest BCUT2D eigenvalue weighted by Gasteiger charge is 2.51. The molecule has 18 nitrogen and oxygen atoms in total. The molecule has 3 fully saturated rings. The summed E-state index contributed by atoms with van der Waals surface area (Å²) >= 11 is 0. The third-order valence-electron chi connectivity index (χ3n) is 11.6. The molecule has 6 aromatic carbocycles. The Morgan fingerprint density at radius 1 is 0.456 bits per heavy atom. The van der Waals surface area contributed by atoms with Crippen molar-refractivity contribution in [1.29, 1.82) is 0 Å².